The lowest BCUT2D eigenvalue weighted by molar-refractivity contribution is 0.101. The molecular formula is C21H14ClN3O3S. The second-order valence-electron chi connectivity index (χ2n) is 6.29. The number of carbonyl (C=O) groups is 2. The molecule has 8 heteroatoms. The summed E-state index contributed by atoms with van der Waals surface area (Å²) in [5.74, 6) is -0.721. The molecule has 1 N–H and O–H groups in total. The minimum Gasteiger partial charge on any atom is -0.322 e. The van der Waals surface area contributed by atoms with Crippen molar-refractivity contribution >= 4 is 45.3 Å². The van der Waals surface area contributed by atoms with Crippen LogP contribution in [-0.4, -0.2) is 21.1 Å². The van der Waals surface area contributed by atoms with Gasteiger partial charge in [0.1, 0.15) is 5.56 Å². The Morgan fingerprint density at radius 2 is 1.93 bits per heavy atom. The van der Waals surface area contributed by atoms with Gasteiger partial charge in [-0.2, -0.15) is 0 Å². The summed E-state index contributed by atoms with van der Waals surface area (Å²) in [6.45, 7) is 1.44. The molecule has 0 aliphatic rings. The summed E-state index contributed by atoms with van der Waals surface area (Å²) in [6, 6.07) is 13.7. The minimum absolute atomic E-state index is 0.109. The number of anilines is 1. The molecule has 0 saturated heterocycles. The van der Waals surface area contributed by atoms with E-state index >= 15 is 0 Å². The number of rotatable bonds is 4. The summed E-state index contributed by atoms with van der Waals surface area (Å²) in [6.07, 6.45) is 1.26. The van der Waals surface area contributed by atoms with Gasteiger partial charge in [-0.15, -0.1) is 11.3 Å². The Morgan fingerprint density at radius 3 is 2.69 bits per heavy atom. The predicted molar refractivity (Wildman–Crippen MR) is 114 cm³/mol. The van der Waals surface area contributed by atoms with Crippen LogP contribution in [0.2, 0.25) is 5.02 Å². The first-order valence-corrected chi connectivity index (χ1v) is 9.88. The van der Waals surface area contributed by atoms with Gasteiger partial charge >= 0.3 is 0 Å². The van der Waals surface area contributed by atoms with Crippen molar-refractivity contribution in [1.82, 2.24) is 9.38 Å². The van der Waals surface area contributed by atoms with Gasteiger partial charge < -0.3 is 5.32 Å². The minimum atomic E-state index is -0.603. The van der Waals surface area contributed by atoms with Gasteiger partial charge in [0.2, 0.25) is 0 Å². The molecule has 0 spiro atoms. The van der Waals surface area contributed by atoms with E-state index in [9.17, 15) is 14.4 Å². The molecule has 0 fully saturated rings. The number of benzene rings is 2. The monoisotopic (exact) mass is 423 g/mol. The molecule has 2 heterocycles. The number of nitrogens with zero attached hydrogens (tertiary/aromatic N) is 2. The molecule has 2 aromatic heterocycles. The van der Waals surface area contributed by atoms with Crippen LogP contribution in [0, 0.1) is 0 Å². The summed E-state index contributed by atoms with van der Waals surface area (Å²) in [4.78, 5) is 42.0. The number of hydrogen-bond donors (Lipinski definition) is 1. The number of hydrogen-bond acceptors (Lipinski definition) is 5. The van der Waals surface area contributed by atoms with Crippen LogP contribution in [0.15, 0.2) is 64.9 Å². The first kappa shape index (κ1) is 19.0. The SMILES string of the molecule is CC(=O)c1cccc(NC(=O)c2cnc3scc(-c4ccccc4Cl)n3c2=O)c1. The van der Waals surface area contributed by atoms with Crippen molar-refractivity contribution in [3.63, 3.8) is 0 Å². The topological polar surface area (TPSA) is 80.5 Å². The van der Waals surface area contributed by atoms with E-state index in [0.29, 0.717) is 32.5 Å². The summed E-state index contributed by atoms with van der Waals surface area (Å²) < 4.78 is 1.38. The highest BCUT2D eigenvalue weighted by molar-refractivity contribution is 7.15. The van der Waals surface area contributed by atoms with Gasteiger partial charge in [-0.05, 0) is 25.1 Å². The van der Waals surface area contributed by atoms with E-state index in [-0.39, 0.29) is 11.3 Å². The maximum absolute atomic E-state index is 13.1. The number of aromatic nitrogens is 2. The number of carbonyl (C=O) groups excluding carboxylic acids is 2. The highest BCUT2D eigenvalue weighted by Gasteiger charge is 2.18. The average Bonchev–Trinajstić information content (AvgIpc) is 3.13. The fourth-order valence-electron chi connectivity index (χ4n) is 2.92. The average molecular weight is 424 g/mol. The second kappa shape index (κ2) is 7.62. The van der Waals surface area contributed by atoms with Crippen LogP contribution in [0.25, 0.3) is 16.2 Å². The van der Waals surface area contributed by atoms with Crippen molar-refractivity contribution in [2.75, 3.05) is 5.32 Å². The Bertz CT molecular complexity index is 1330. The number of Topliss-reactive ketones (excluding diaryl/α,β-unsaturated/α-hetero) is 1. The molecule has 0 bridgehead atoms. The second-order valence-corrected chi connectivity index (χ2v) is 7.53. The molecule has 0 aliphatic carbocycles. The molecule has 29 heavy (non-hydrogen) atoms. The maximum Gasteiger partial charge on any atom is 0.271 e. The molecule has 6 nitrogen and oxygen atoms in total. The molecule has 144 valence electrons. The Kier molecular flexibility index (Phi) is 5.00. The lowest BCUT2D eigenvalue weighted by Gasteiger charge is -2.07. The molecule has 0 unspecified atom stereocenters. The fraction of sp³-hybridized carbons (Fsp3) is 0.0476. The van der Waals surface area contributed by atoms with E-state index in [4.69, 9.17) is 11.6 Å². The van der Waals surface area contributed by atoms with Crippen LogP contribution < -0.4 is 10.9 Å². The Morgan fingerprint density at radius 1 is 1.14 bits per heavy atom. The van der Waals surface area contributed by atoms with Gasteiger partial charge in [-0.1, -0.05) is 41.9 Å². The smallest absolute Gasteiger partial charge is 0.271 e. The third-order valence-corrected chi connectivity index (χ3v) is 5.54. The van der Waals surface area contributed by atoms with E-state index in [2.05, 4.69) is 10.3 Å². The van der Waals surface area contributed by atoms with Crippen molar-refractivity contribution < 1.29 is 9.59 Å². The molecule has 4 aromatic rings. The lowest BCUT2D eigenvalue weighted by Crippen LogP contribution is -2.26. The van der Waals surface area contributed by atoms with Crippen molar-refractivity contribution in [1.29, 1.82) is 0 Å². The first-order valence-electron chi connectivity index (χ1n) is 8.62. The molecule has 2 aromatic carbocycles. The Balaban J connectivity index is 1.76. The highest BCUT2D eigenvalue weighted by atomic mass is 35.5. The zero-order valence-electron chi connectivity index (χ0n) is 15.2. The van der Waals surface area contributed by atoms with Crippen LogP contribution in [0.4, 0.5) is 5.69 Å². The zero-order valence-corrected chi connectivity index (χ0v) is 16.8. The quantitative estimate of drug-likeness (QED) is 0.489. The Labute approximate surface area is 174 Å². The van der Waals surface area contributed by atoms with Gasteiger partial charge in [-0.25, -0.2) is 4.98 Å². The molecule has 0 aliphatic heterocycles. The van der Waals surface area contributed by atoms with Crippen LogP contribution >= 0.6 is 22.9 Å². The van der Waals surface area contributed by atoms with Crippen molar-refractivity contribution in [3.8, 4) is 11.3 Å². The molecule has 0 saturated carbocycles. The van der Waals surface area contributed by atoms with Crippen molar-refractivity contribution in [3.05, 3.63) is 86.6 Å². The van der Waals surface area contributed by atoms with E-state index in [0.717, 1.165) is 0 Å². The standard InChI is InChI=1S/C21H14ClN3O3S/c1-12(26)13-5-4-6-14(9-13)24-19(27)16-10-23-21-25(20(16)28)18(11-29-21)15-7-2-3-8-17(15)22/h2-11H,1H3,(H,24,27). The largest absolute Gasteiger partial charge is 0.322 e. The van der Waals surface area contributed by atoms with Crippen LogP contribution in [0.1, 0.15) is 27.6 Å². The number of amides is 1. The fourth-order valence-corrected chi connectivity index (χ4v) is 4.00. The van der Waals surface area contributed by atoms with Gasteiger partial charge in [0.05, 0.1) is 5.69 Å². The third-order valence-electron chi connectivity index (χ3n) is 4.37. The van der Waals surface area contributed by atoms with Gasteiger partial charge in [0, 0.05) is 33.4 Å². The van der Waals surface area contributed by atoms with Crippen LogP contribution in [0.5, 0.6) is 0 Å². The number of fused-ring (bicyclic) bond motifs is 1. The third kappa shape index (κ3) is 3.57. The molecule has 0 radical (unpaired) electrons. The van der Waals surface area contributed by atoms with E-state index in [1.54, 1.807) is 47.8 Å². The lowest BCUT2D eigenvalue weighted by atomic mass is 10.1. The number of thiazole rings is 1. The summed E-state index contributed by atoms with van der Waals surface area (Å²) in [5.41, 5.74) is 1.53. The van der Waals surface area contributed by atoms with E-state index < -0.39 is 11.5 Å². The van der Waals surface area contributed by atoms with Crippen LogP contribution in [-0.2, 0) is 0 Å². The van der Waals surface area contributed by atoms with Gasteiger partial charge in [0.25, 0.3) is 11.5 Å². The summed E-state index contributed by atoms with van der Waals surface area (Å²) in [7, 11) is 0. The number of halogens is 1. The predicted octanol–water partition coefficient (Wildman–Crippen LogP) is 4.53. The number of nitrogens with one attached hydrogen (secondary N) is 1. The van der Waals surface area contributed by atoms with Gasteiger partial charge in [0.15, 0.2) is 10.7 Å². The van der Waals surface area contributed by atoms with Crippen LogP contribution in [0.3, 0.4) is 0 Å². The van der Waals surface area contributed by atoms with Crippen molar-refractivity contribution in [2.45, 2.75) is 6.92 Å². The molecular weight excluding hydrogens is 410 g/mol. The Hall–Kier alpha value is -3.29. The normalized spacial score (nSPS) is 10.8. The number of ketones is 1. The summed E-state index contributed by atoms with van der Waals surface area (Å²) in [5, 5.41) is 4.93. The summed E-state index contributed by atoms with van der Waals surface area (Å²) >= 11 is 7.57. The molecule has 1 amide bonds. The van der Waals surface area contributed by atoms with E-state index in [1.165, 1.54) is 28.9 Å². The van der Waals surface area contributed by atoms with Gasteiger partial charge in [-0.3, -0.25) is 18.8 Å². The highest BCUT2D eigenvalue weighted by Crippen LogP contribution is 2.30. The zero-order chi connectivity index (χ0) is 20.5. The molecule has 4 rings (SSSR count). The van der Waals surface area contributed by atoms with E-state index in [1.807, 2.05) is 6.07 Å². The van der Waals surface area contributed by atoms with Crippen molar-refractivity contribution in [2.24, 2.45) is 0 Å². The maximum atomic E-state index is 13.1. The first-order chi connectivity index (χ1) is 14.0. The molecule has 0 atom stereocenters.